The standard InChI is InChI=1S/C16H26N2O/c1-6-16(4,5)15(19)17-13-9-11-14(12-10-13)18(7-2)8-3/h9-12H,6-8H2,1-5H3,(H,17,19). The Morgan fingerprint density at radius 1 is 1.11 bits per heavy atom. The second-order valence-electron chi connectivity index (χ2n) is 5.41. The van der Waals surface area contributed by atoms with Crippen LogP contribution in [0.25, 0.3) is 0 Å². The minimum absolute atomic E-state index is 0.0746. The fourth-order valence-electron chi connectivity index (χ4n) is 1.81. The minimum atomic E-state index is -0.322. The van der Waals surface area contributed by atoms with Crippen LogP contribution < -0.4 is 10.2 Å². The number of nitrogens with zero attached hydrogens (tertiary/aromatic N) is 1. The molecule has 0 aromatic heterocycles. The van der Waals surface area contributed by atoms with Crippen molar-refractivity contribution in [3.63, 3.8) is 0 Å². The molecule has 0 unspecified atom stereocenters. The monoisotopic (exact) mass is 262 g/mol. The predicted molar refractivity (Wildman–Crippen MR) is 82.7 cm³/mol. The molecule has 0 aliphatic rings. The van der Waals surface area contributed by atoms with Crippen molar-refractivity contribution in [3.8, 4) is 0 Å². The Kier molecular flexibility index (Phi) is 5.40. The van der Waals surface area contributed by atoms with Gasteiger partial charge in [-0.25, -0.2) is 0 Å². The van der Waals surface area contributed by atoms with Gasteiger partial charge in [0.1, 0.15) is 0 Å². The van der Waals surface area contributed by atoms with Crippen molar-refractivity contribution in [1.29, 1.82) is 0 Å². The Morgan fingerprint density at radius 3 is 2.05 bits per heavy atom. The number of nitrogens with one attached hydrogen (secondary N) is 1. The fraction of sp³-hybridized carbons (Fsp3) is 0.562. The van der Waals surface area contributed by atoms with Crippen LogP contribution in [-0.4, -0.2) is 19.0 Å². The van der Waals surface area contributed by atoms with Gasteiger partial charge in [0.15, 0.2) is 0 Å². The van der Waals surface area contributed by atoms with Crippen molar-refractivity contribution in [2.75, 3.05) is 23.3 Å². The molecule has 0 radical (unpaired) electrons. The highest BCUT2D eigenvalue weighted by Crippen LogP contribution is 2.23. The number of amides is 1. The normalized spacial score (nSPS) is 11.2. The average Bonchev–Trinajstić information content (AvgIpc) is 2.42. The molecule has 0 saturated carbocycles. The molecule has 1 rings (SSSR count). The van der Waals surface area contributed by atoms with Crippen LogP contribution in [0.3, 0.4) is 0 Å². The van der Waals surface area contributed by atoms with Crippen LogP contribution in [0.15, 0.2) is 24.3 Å². The summed E-state index contributed by atoms with van der Waals surface area (Å²) in [7, 11) is 0. The van der Waals surface area contributed by atoms with Crippen molar-refractivity contribution in [3.05, 3.63) is 24.3 Å². The SMILES string of the molecule is CCN(CC)c1ccc(NC(=O)C(C)(C)CC)cc1. The molecule has 0 spiro atoms. The van der Waals surface area contributed by atoms with Crippen LogP contribution in [0.4, 0.5) is 11.4 Å². The van der Waals surface area contributed by atoms with Gasteiger partial charge in [0.25, 0.3) is 0 Å². The zero-order chi connectivity index (χ0) is 14.5. The highest BCUT2D eigenvalue weighted by Gasteiger charge is 2.25. The number of anilines is 2. The van der Waals surface area contributed by atoms with Crippen molar-refractivity contribution in [2.24, 2.45) is 5.41 Å². The first kappa shape index (κ1) is 15.5. The average molecular weight is 262 g/mol. The number of benzene rings is 1. The molecule has 1 aromatic carbocycles. The van der Waals surface area contributed by atoms with Gasteiger partial charge in [0.2, 0.25) is 5.91 Å². The molecule has 19 heavy (non-hydrogen) atoms. The summed E-state index contributed by atoms with van der Waals surface area (Å²) in [6.07, 6.45) is 0.830. The van der Waals surface area contributed by atoms with E-state index in [1.807, 2.05) is 32.9 Å². The zero-order valence-corrected chi connectivity index (χ0v) is 12.8. The Morgan fingerprint density at radius 2 is 1.63 bits per heavy atom. The van der Waals surface area contributed by atoms with Gasteiger partial charge in [-0.3, -0.25) is 4.79 Å². The van der Waals surface area contributed by atoms with Gasteiger partial charge < -0.3 is 10.2 Å². The maximum absolute atomic E-state index is 12.1. The molecule has 0 aliphatic carbocycles. The number of carbonyl (C=O) groups is 1. The van der Waals surface area contributed by atoms with Crippen molar-refractivity contribution in [1.82, 2.24) is 0 Å². The first-order valence-corrected chi connectivity index (χ1v) is 7.11. The highest BCUT2D eigenvalue weighted by atomic mass is 16.2. The van der Waals surface area contributed by atoms with Crippen LogP contribution in [0, 0.1) is 5.41 Å². The van der Waals surface area contributed by atoms with Crippen LogP contribution in [0.1, 0.15) is 41.0 Å². The molecule has 106 valence electrons. The molecule has 0 atom stereocenters. The van der Waals surface area contributed by atoms with E-state index in [0.29, 0.717) is 0 Å². The molecule has 1 aromatic rings. The summed E-state index contributed by atoms with van der Waals surface area (Å²) in [5.74, 6) is 0.0746. The predicted octanol–water partition coefficient (Wildman–Crippen LogP) is 3.91. The summed E-state index contributed by atoms with van der Waals surface area (Å²) in [6, 6.07) is 8.05. The molecule has 0 fully saturated rings. The quantitative estimate of drug-likeness (QED) is 0.843. The molecule has 0 bridgehead atoms. The number of carbonyl (C=O) groups excluding carboxylic acids is 1. The second kappa shape index (κ2) is 6.60. The molecule has 3 heteroatoms. The first-order chi connectivity index (χ1) is 8.94. The lowest BCUT2D eigenvalue weighted by Crippen LogP contribution is -2.30. The lowest BCUT2D eigenvalue weighted by Gasteiger charge is -2.23. The van der Waals surface area contributed by atoms with E-state index in [1.54, 1.807) is 0 Å². The lowest BCUT2D eigenvalue weighted by molar-refractivity contribution is -0.124. The summed E-state index contributed by atoms with van der Waals surface area (Å²) in [4.78, 5) is 14.4. The molecule has 1 amide bonds. The second-order valence-corrected chi connectivity index (χ2v) is 5.41. The van der Waals surface area contributed by atoms with Gasteiger partial charge in [0.05, 0.1) is 0 Å². The molecular weight excluding hydrogens is 236 g/mol. The topological polar surface area (TPSA) is 32.3 Å². The third-order valence-electron chi connectivity index (χ3n) is 3.75. The summed E-state index contributed by atoms with van der Waals surface area (Å²) in [6.45, 7) is 12.2. The molecular formula is C16H26N2O. The van der Waals surface area contributed by atoms with Gasteiger partial charge in [-0.15, -0.1) is 0 Å². The summed E-state index contributed by atoms with van der Waals surface area (Å²) in [5, 5.41) is 2.98. The van der Waals surface area contributed by atoms with Crippen LogP contribution >= 0.6 is 0 Å². The lowest BCUT2D eigenvalue weighted by atomic mass is 9.89. The summed E-state index contributed by atoms with van der Waals surface area (Å²) >= 11 is 0. The van der Waals surface area contributed by atoms with Gasteiger partial charge in [-0.1, -0.05) is 20.8 Å². The van der Waals surface area contributed by atoms with Gasteiger partial charge in [-0.2, -0.15) is 0 Å². The Balaban J connectivity index is 2.75. The smallest absolute Gasteiger partial charge is 0.230 e. The zero-order valence-electron chi connectivity index (χ0n) is 12.8. The molecule has 1 N–H and O–H groups in total. The maximum atomic E-state index is 12.1. The molecule has 0 aliphatic heterocycles. The number of hydrogen-bond acceptors (Lipinski definition) is 2. The fourth-order valence-corrected chi connectivity index (χ4v) is 1.81. The number of rotatable bonds is 6. The maximum Gasteiger partial charge on any atom is 0.230 e. The molecule has 0 saturated heterocycles. The van der Waals surface area contributed by atoms with E-state index >= 15 is 0 Å². The summed E-state index contributed by atoms with van der Waals surface area (Å²) in [5.41, 5.74) is 1.73. The molecule has 0 heterocycles. The van der Waals surface area contributed by atoms with Crippen LogP contribution in [0.5, 0.6) is 0 Å². The first-order valence-electron chi connectivity index (χ1n) is 7.11. The van der Waals surface area contributed by atoms with Crippen molar-refractivity contribution in [2.45, 2.75) is 41.0 Å². The third kappa shape index (κ3) is 3.98. The third-order valence-corrected chi connectivity index (χ3v) is 3.75. The highest BCUT2D eigenvalue weighted by molar-refractivity contribution is 5.94. The van der Waals surface area contributed by atoms with Gasteiger partial charge in [0, 0.05) is 29.9 Å². The van der Waals surface area contributed by atoms with E-state index in [4.69, 9.17) is 0 Å². The summed E-state index contributed by atoms with van der Waals surface area (Å²) < 4.78 is 0. The van der Waals surface area contributed by atoms with E-state index < -0.39 is 0 Å². The Labute approximate surface area is 117 Å². The van der Waals surface area contributed by atoms with Crippen molar-refractivity contribution < 1.29 is 4.79 Å². The van der Waals surface area contributed by atoms with Crippen LogP contribution in [-0.2, 0) is 4.79 Å². The molecule has 3 nitrogen and oxygen atoms in total. The van der Waals surface area contributed by atoms with E-state index in [2.05, 4.69) is 36.2 Å². The van der Waals surface area contributed by atoms with Crippen molar-refractivity contribution >= 4 is 17.3 Å². The number of hydrogen-bond donors (Lipinski definition) is 1. The Hall–Kier alpha value is -1.51. The van der Waals surface area contributed by atoms with Gasteiger partial charge in [-0.05, 0) is 44.5 Å². The van der Waals surface area contributed by atoms with E-state index in [9.17, 15) is 4.79 Å². The van der Waals surface area contributed by atoms with E-state index in [0.717, 1.165) is 25.2 Å². The van der Waals surface area contributed by atoms with E-state index in [-0.39, 0.29) is 11.3 Å². The Bertz CT molecular complexity index is 405. The van der Waals surface area contributed by atoms with Crippen LogP contribution in [0.2, 0.25) is 0 Å². The minimum Gasteiger partial charge on any atom is -0.372 e. The largest absolute Gasteiger partial charge is 0.372 e. The van der Waals surface area contributed by atoms with Gasteiger partial charge >= 0.3 is 0 Å². The van der Waals surface area contributed by atoms with E-state index in [1.165, 1.54) is 5.69 Å².